The Balaban J connectivity index is 1.07. The molecule has 2 unspecified atom stereocenters. The van der Waals surface area contributed by atoms with Crippen molar-refractivity contribution < 1.29 is 19.1 Å². The number of amides is 3. The molecular weight excluding hydrogens is 705 g/mol. The van der Waals surface area contributed by atoms with Crippen LogP contribution in [-0.4, -0.2) is 81.5 Å². The summed E-state index contributed by atoms with van der Waals surface area (Å²) in [5.41, 5.74) is 5.10. The van der Waals surface area contributed by atoms with E-state index in [1.165, 1.54) is 0 Å². The first kappa shape index (κ1) is 35.8. The summed E-state index contributed by atoms with van der Waals surface area (Å²) >= 11 is 13.9. The molecule has 13 nitrogen and oxygen atoms in total. The Hall–Kier alpha value is -4.56. The Labute approximate surface area is 311 Å². The van der Waals surface area contributed by atoms with Crippen molar-refractivity contribution in [2.45, 2.75) is 51.2 Å². The Bertz CT molecular complexity index is 2010. The van der Waals surface area contributed by atoms with E-state index in [0.717, 1.165) is 42.8 Å². The summed E-state index contributed by atoms with van der Waals surface area (Å²) in [6, 6.07) is 11.0. The van der Waals surface area contributed by atoms with Gasteiger partial charge in [-0.05, 0) is 44.0 Å². The van der Waals surface area contributed by atoms with Crippen LogP contribution in [0.5, 0.6) is 5.88 Å². The zero-order valence-corrected chi connectivity index (χ0v) is 30.6. The molecule has 2 saturated heterocycles. The van der Waals surface area contributed by atoms with Crippen molar-refractivity contribution in [1.29, 1.82) is 0 Å². The van der Waals surface area contributed by atoms with E-state index in [9.17, 15) is 14.4 Å². The van der Waals surface area contributed by atoms with Crippen molar-refractivity contribution in [2.75, 3.05) is 38.6 Å². The van der Waals surface area contributed by atoms with E-state index in [4.69, 9.17) is 32.9 Å². The van der Waals surface area contributed by atoms with Crippen LogP contribution in [0.4, 0.5) is 5.69 Å². The van der Waals surface area contributed by atoms with E-state index in [1.807, 2.05) is 24.1 Å². The van der Waals surface area contributed by atoms with Crippen molar-refractivity contribution in [3.63, 3.8) is 0 Å². The highest BCUT2D eigenvalue weighted by Crippen LogP contribution is 2.40. The van der Waals surface area contributed by atoms with Crippen LogP contribution in [0.25, 0.3) is 22.5 Å². The van der Waals surface area contributed by atoms with Crippen LogP contribution >= 0.6 is 23.2 Å². The lowest BCUT2D eigenvalue weighted by Gasteiger charge is -2.32. The lowest BCUT2D eigenvalue weighted by Crippen LogP contribution is -2.45. The van der Waals surface area contributed by atoms with Gasteiger partial charge < -0.3 is 35.5 Å². The summed E-state index contributed by atoms with van der Waals surface area (Å²) in [4.78, 5) is 54.2. The molecule has 2 atom stereocenters. The molecule has 3 amide bonds. The van der Waals surface area contributed by atoms with Crippen molar-refractivity contribution in [2.24, 2.45) is 13.0 Å². The number of methoxy groups -OCH3 is 1. The van der Waals surface area contributed by atoms with Gasteiger partial charge in [-0.3, -0.25) is 19.4 Å². The zero-order chi connectivity index (χ0) is 36.4. The number of hydrogen-bond acceptors (Lipinski definition) is 9. The summed E-state index contributed by atoms with van der Waals surface area (Å²) in [5, 5.41) is 13.2. The average Bonchev–Trinajstić information content (AvgIpc) is 3.74. The summed E-state index contributed by atoms with van der Waals surface area (Å²) in [6.07, 6.45) is 5.50. The van der Waals surface area contributed by atoms with Crippen LogP contribution in [0.1, 0.15) is 53.3 Å². The molecule has 0 saturated carbocycles. The highest BCUT2D eigenvalue weighted by Gasteiger charge is 2.32. The predicted octanol–water partition coefficient (Wildman–Crippen LogP) is 4.36. The number of imidazole rings is 1. The van der Waals surface area contributed by atoms with Crippen LogP contribution in [0.15, 0.2) is 42.6 Å². The molecule has 4 aromatic rings. The van der Waals surface area contributed by atoms with Gasteiger partial charge in [0.1, 0.15) is 0 Å². The second-order valence-corrected chi connectivity index (χ2v) is 14.1. The first-order valence-electron chi connectivity index (χ1n) is 17.5. The third-order valence-electron chi connectivity index (χ3n) is 10.0. The number of nitrogens with zero attached hydrogens (tertiary/aromatic N) is 5. The first-order valence-corrected chi connectivity index (χ1v) is 18.3. The average molecular weight is 747 g/mol. The van der Waals surface area contributed by atoms with Gasteiger partial charge in [-0.1, -0.05) is 41.4 Å². The zero-order valence-electron chi connectivity index (χ0n) is 29.1. The Morgan fingerprint density at radius 3 is 2.69 bits per heavy atom. The minimum absolute atomic E-state index is 0.0217. The normalized spacial score (nSPS) is 18.5. The van der Waals surface area contributed by atoms with E-state index >= 15 is 0 Å². The molecule has 0 aliphatic carbocycles. The van der Waals surface area contributed by atoms with Crippen LogP contribution < -0.4 is 26.0 Å². The number of fused-ring (bicyclic) bond motifs is 1. The van der Waals surface area contributed by atoms with Gasteiger partial charge in [0.2, 0.25) is 17.7 Å². The van der Waals surface area contributed by atoms with Crippen LogP contribution in [0, 0.1) is 5.92 Å². The molecule has 0 spiro atoms. The van der Waals surface area contributed by atoms with Gasteiger partial charge in [-0.2, -0.15) is 0 Å². The van der Waals surface area contributed by atoms with Crippen LogP contribution in [-0.2, 0) is 36.1 Å². The Morgan fingerprint density at radius 2 is 1.92 bits per heavy atom. The number of benzene rings is 1. The summed E-state index contributed by atoms with van der Waals surface area (Å²) in [6.45, 7) is 3.79. The fraction of sp³-hybridized carbons (Fsp3) is 0.405. The standard InChI is InChI=1S/C37H41Cl2N9O4/c1-47-29-13-16-48(37(51)22-5-4-14-40-18-22)20-28(29)44-34(47)35(50)45-27-7-3-6-25(31(27)38)33-32(39)24(12-15-42-33)26-10-8-21(36(46-26)52-2)17-41-19-23-9-11-30(49)43-23/h3,6-8,10,12,15,22-23,40-41H,4-5,9,11,13-14,16-20H2,1-2H3,(H,43,49)(H,45,50). The molecule has 0 radical (unpaired) electrons. The topological polar surface area (TPSA) is 155 Å². The third kappa shape index (κ3) is 7.36. The quantitative estimate of drug-likeness (QED) is 0.185. The molecule has 4 N–H and O–H groups in total. The number of carbonyl (C=O) groups is 3. The molecule has 7 rings (SSSR count). The maximum Gasteiger partial charge on any atom is 0.291 e. The van der Waals surface area contributed by atoms with Gasteiger partial charge in [0, 0.05) is 80.7 Å². The molecule has 3 aliphatic rings. The molecule has 6 heterocycles. The number of nitrogens with one attached hydrogen (secondary N) is 4. The predicted molar refractivity (Wildman–Crippen MR) is 198 cm³/mol. The van der Waals surface area contributed by atoms with E-state index < -0.39 is 5.91 Å². The highest BCUT2D eigenvalue weighted by atomic mass is 35.5. The van der Waals surface area contributed by atoms with Crippen molar-refractivity contribution >= 4 is 46.6 Å². The van der Waals surface area contributed by atoms with Crippen LogP contribution in [0.3, 0.4) is 0 Å². The molecule has 15 heteroatoms. The van der Waals surface area contributed by atoms with Gasteiger partial charge in [-0.15, -0.1) is 0 Å². The minimum atomic E-state index is -0.419. The van der Waals surface area contributed by atoms with Gasteiger partial charge >= 0.3 is 0 Å². The second-order valence-electron chi connectivity index (χ2n) is 13.4. The summed E-state index contributed by atoms with van der Waals surface area (Å²) < 4.78 is 7.42. The lowest BCUT2D eigenvalue weighted by atomic mass is 9.97. The molecular formula is C37H41Cl2N9O4. The van der Waals surface area contributed by atoms with Gasteiger partial charge in [0.05, 0.1) is 52.4 Å². The fourth-order valence-corrected chi connectivity index (χ4v) is 7.77. The molecule has 2 fully saturated rings. The van der Waals surface area contributed by atoms with Crippen molar-refractivity contribution in [1.82, 2.24) is 40.4 Å². The maximum absolute atomic E-state index is 13.6. The minimum Gasteiger partial charge on any atom is -0.481 e. The number of rotatable bonds is 10. The SMILES string of the molecule is COc1nc(-c2ccnc(-c3cccc(NC(=O)c4nc5c(n4C)CCN(C(=O)C4CCCNC4)C5)c3Cl)c2Cl)ccc1CNCC1CCC(=O)N1. The maximum atomic E-state index is 13.6. The second kappa shape index (κ2) is 15.6. The van der Waals surface area contributed by atoms with E-state index in [1.54, 1.807) is 42.1 Å². The van der Waals surface area contributed by atoms with E-state index in [0.29, 0.717) is 84.7 Å². The summed E-state index contributed by atoms with van der Waals surface area (Å²) in [7, 11) is 3.39. The van der Waals surface area contributed by atoms with Gasteiger partial charge in [-0.25, -0.2) is 9.97 Å². The Kier molecular flexibility index (Phi) is 10.7. The largest absolute Gasteiger partial charge is 0.481 e. The fourth-order valence-electron chi connectivity index (χ4n) is 7.20. The molecule has 3 aromatic heterocycles. The van der Waals surface area contributed by atoms with Crippen LogP contribution in [0.2, 0.25) is 10.0 Å². The van der Waals surface area contributed by atoms with Crippen molar-refractivity contribution in [3.05, 3.63) is 75.4 Å². The van der Waals surface area contributed by atoms with Crippen molar-refractivity contribution in [3.8, 4) is 28.4 Å². The number of hydrogen-bond donors (Lipinski definition) is 4. The molecule has 1 aromatic carbocycles. The lowest BCUT2D eigenvalue weighted by molar-refractivity contribution is -0.137. The van der Waals surface area contributed by atoms with Gasteiger partial charge in [0.15, 0.2) is 5.82 Å². The number of anilines is 1. The molecule has 272 valence electrons. The highest BCUT2D eigenvalue weighted by molar-refractivity contribution is 6.39. The number of carbonyl (C=O) groups excluding carboxylic acids is 3. The molecule has 0 bridgehead atoms. The van der Waals surface area contributed by atoms with E-state index in [-0.39, 0.29) is 34.6 Å². The molecule has 3 aliphatic heterocycles. The van der Waals surface area contributed by atoms with Gasteiger partial charge in [0.25, 0.3) is 5.91 Å². The number of piperidine rings is 1. The number of aromatic nitrogens is 4. The van der Waals surface area contributed by atoms with E-state index in [2.05, 4.69) is 31.2 Å². The first-order chi connectivity index (χ1) is 25.2. The third-order valence-corrected chi connectivity index (χ3v) is 10.8. The summed E-state index contributed by atoms with van der Waals surface area (Å²) in [5.74, 6) is 0.474. The molecule has 52 heavy (non-hydrogen) atoms. The monoisotopic (exact) mass is 745 g/mol. The number of pyridine rings is 2. The smallest absolute Gasteiger partial charge is 0.291 e. The Morgan fingerprint density at radius 1 is 1.06 bits per heavy atom. The number of ether oxygens (including phenoxy) is 1. The number of halogens is 2.